The third-order valence-corrected chi connectivity index (χ3v) is 5.36. The molecular weight excluding hydrogens is 388 g/mol. The summed E-state index contributed by atoms with van der Waals surface area (Å²) >= 11 is 0. The maximum atomic E-state index is 11.8. The van der Waals surface area contributed by atoms with E-state index < -0.39 is 5.97 Å². The van der Waals surface area contributed by atoms with Crippen molar-refractivity contribution >= 4 is 43.7 Å². The van der Waals surface area contributed by atoms with E-state index in [1.165, 1.54) is 96.0 Å². The minimum absolute atomic E-state index is 0. The number of hydrogen-bond donors (Lipinski definition) is 1. The van der Waals surface area contributed by atoms with E-state index in [0.717, 1.165) is 12.8 Å². The zero-order valence-electron chi connectivity index (χ0n) is 18.1. The SMILES string of the molecule is CCCCCCCCCCCCCCCCCCOC(=O)c1ccccc1O.[CaH2]. The van der Waals surface area contributed by atoms with Gasteiger partial charge in [-0.15, -0.1) is 0 Å². The van der Waals surface area contributed by atoms with Gasteiger partial charge in [-0.05, 0) is 18.6 Å². The Morgan fingerprint density at radius 3 is 1.59 bits per heavy atom. The van der Waals surface area contributed by atoms with Crippen molar-refractivity contribution in [3.63, 3.8) is 0 Å². The maximum absolute atomic E-state index is 11.8. The fourth-order valence-electron chi connectivity index (χ4n) is 3.54. The first-order valence-electron chi connectivity index (χ1n) is 11.7. The number of rotatable bonds is 18. The van der Waals surface area contributed by atoms with Gasteiger partial charge in [-0.3, -0.25) is 0 Å². The minimum atomic E-state index is -0.431. The average Bonchev–Trinajstić information content (AvgIpc) is 2.70. The molecule has 0 aliphatic rings. The second-order valence-corrected chi connectivity index (χ2v) is 7.96. The third kappa shape index (κ3) is 16.2. The van der Waals surface area contributed by atoms with Crippen LogP contribution in [0.15, 0.2) is 24.3 Å². The molecule has 1 rings (SSSR count). The second kappa shape index (κ2) is 21.0. The number of benzene rings is 1. The zero-order chi connectivity index (χ0) is 20.3. The standard InChI is InChI=1S/C25H42O3.Ca.2H/c1-2-3-4-5-6-7-8-9-10-11-12-13-14-15-16-19-22-28-25(27)23-20-17-18-21-24(23)26;;;/h17-18,20-21,26H,2-16,19,22H2,1H3;;;. The van der Waals surface area contributed by atoms with E-state index in [1.54, 1.807) is 18.2 Å². The number of esters is 1. The van der Waals surface area contributed by atoms with Crippen molar-refractivity contribution in [3.8, 4) is 5.75 Å². The number of phenols is 1. The molecule has 0 atom stereocenters. The van der Waals surface area contributed by atoms with Gasteiger partial charge in [0.1, 0.15) is 11.3 Å². The molecule has 0 amide bonds. The van der Waals surface area contributed by atoms with Crippen LogP contribution in [0.4, 0.5) is 0 Å². The van der Waals surface area contributed by atoms with E-state index in [4.69, 9.17) is 4.74 Å². The van der Waals surface area contributed by atoms with E-state index in [0.29, 0.717) is 6.61 Å². The van der Waals surface area contributed by atoms with Gasteiger partial charge in [-0.25, -0.2) is 4.79 Å². The van der Waals surface area contributed by atoms with Crippen LogP contribution in [0.5, 0.6) is 5.75 Å². The molecule has 0 radical (unpaired) electrons. The molecule has 0 heterocycles. The Bertz CT molecular complexity index is 505. The molecule has 0 fully saturated rings. The summed E-state index contributed by atoms with van der Waals surface area (Å²) in [4.78, 5) is 11.8. The van der Waals surface area contributed by atoms with Crippen molar-refractivity contribution in [1.29, 1.82) is 0 Å². The molecule has 0 saturated carbocycles. The summed E-state index contributed by atoms with van der Waals surface area (Å²) in [5.74, 6) is -0.446. The molecule has 1 aromatic rings. The van der Waals surface area contributed by atoms with E-state index in [2.05, 4.69) is 6.92 Å². The Morgan fingerprint density at radius 2 is 1.14 bits per heavy atom. The average molecular weight is 433 g/mol. The van der Waals surface area contributed by atoms with Crippen LogP contribution in [-0.2, 0) is 4.74 Å². The molecule has 4 heteroatoms. The van der Waals surface area contributed by atoms with Crippen molar-refractivity contribution in [2.24, 2.45) is 0 Å². The number of hydrogen-bond acceptors (Lipinski definition) is 3. The van der Waals surface area contributed by atoms with Crippen LogP contribution in [0.3, 0.4) is 0 Å². The fourth-order valence-corrected chi connectivity index (χ4v) is 3.54. The number of carbonyl (C=O) groups is 1. The number of phenolic OH excluding ortho intramolecular Hbond substituents is 1. The molecule has 0 aliphatic carbocycles. The molecule has 1 aromatic carbocycles. The molecule has 29 heavy (non-hydrogen) atoms. The Kier molecular flexibility index (Phi) is 20.8. The molecule has 0 aliphatic heterocycles. The topological polar surface area (TPSA) is 46.5 Å². The Morgan fingerprint density at radius 1 is 0.724 bits per heavy atom. The summed E-state index contributed by atoms with van der Waals surface area (Å²) in [7, 11) is 0. The van der Waals surface area contributed by atoms with Crippen LogP contribution < -0.4 is 0 Å². The Hall–Kier alpha value is -0.250. The first-order valence-corrected chi connectivity index (χ1v) is 11.7. The van der Waals surface area contributed by atoms with Gasteiger partial charge >= 0.3 is 43.7 Å². The second-order valence-electron chi connectivity index (χ2n) is 7.96. The van der Waals surface area contributed by atoms with Crippen LogP contribution in [0.25, 0.3) is 0 Å². The Labute approximate surface area is 209 Å². The zero-order valence-corrected chi connectivity index (χ0v) is 18.1. The van der Waals surface area contributed by atoms with Gasteiger partial charge in [0, 0.05) is 0 Å². The quantitative estimate of drug-likeness (QED) is 0.156. The molecule has 3 nitrogen and oxygen atoms in total. The number of unbranched alkanes of at least 4 members (excludes halogenated alkanes) is 15. The summed E-state index contributed by atoms with van der Waals surface area (Å²) in [5.41, 5.74) is 0.249. The van der Waals surface area contributed by atoms with Gasteiger partial charge in [0.15, 0.2) is 0 Å². The number of aromatic hydroxyl groups is 1. The van der Waals surface area contributed by atoms with Gasteiger partial charge in [0.2, 0.25) is 0 Å². The number of carbonyl (C=O) groups excluding carboxylic acids is 1. The summed E-state index contributed by atoms with van der Waals surface area (Å²) in [5, 5.41) is 9.62. The van der Waals surface area contributed by atoms with Crippen LogP contribution in [-0.4, -0.2) is 55.4 Å². The van der Waals surface area contributed by atoms with Gasteiger partial charge < -0.3 is 9.84 Å². The molecule has 0 bridgehead atoms. The molecule has 0 spiro atoms. The van der Waals surface area contributed by atoms with E-state index in [9.17, 15) is 9.90 Å². The number of ether oxygens (including phenoxy) is 1. The van der Waals surface area contributed by atoms with Crippen molar-refractivity contribution < 1.29 is 14.6 Å². The molecule has 0 unspecified atom stereocenters. The molecule has 1 N–H and O–H groups in total. The van der Waals surface area contributed by atoms with Crippen LogP contribution in [0, 0.1) is 0 Å². The van der Waals surface area contributed by atoms with Gasteiger partial charge in [0.05, 0.1) is 6.61 Å². The van der Waals surface area contributed by atoms with E-state index >= 15 is 0 Å². The normalized spacial score (nSPS) is 10.5. The Balaban J connectivity index is 0.00000784. The third-order valence-electron chi connectivity index (χ3n) is 5.36. The summed E-state index contributed by atoms with van der Waals surface area (Å²) in [6.07, 6.45) is 21.3. The van der Waals surface area contributed by atoms with Gasteiger partial charge in [0.25, 0.3) is 0 Å². The first-order chi connectivity index (χ1) is 13.8. The summed E-state index contributed by atoms with van der Waals surface area (Å²) in [6.45, 7) is 2.71. The molecule has 164 valence electrons. The van der Waals surface area contributed by atoms with Crippen molar-refractivity contribution in [2.75, 3.05) is 6.61 Å². The van der Waals surface area contributed by atoms with Crippen molar-refractivity contribution in [3.05, 3.63) is 29.8 Å². The van der Waals surface area contributed by atoms with Crippen LogP contribution in [0.1, 0.15) is 120 Å². The summed E-state index contributed by atoms with van der Waals surface area (Å²) in [6, 6.07) is 6.52. The first kappa shape index (κ1) is 28.7. The van der Waals surface area contributed by atoms with Crippen LogP contribution >= 0.6 is 0 Å². The van der Waals surface area contributed by atoms with E-state index in [-0.39, 0.29) is 49.1 Å². The predicted octanol–water partition coefficient (Wildman–Crippen LogP) is 6.89. The van der Waals surface area contributed by atoms with Crippen molar-refractivity contribution in [2.45, 2.75) is 110 Å². The predicted molar refractivity (Wildman–Crippen MR) is 126 cm³/mol. The van der Waals surface area contributed by atoms with Crippen molar-refractivity contribution in [1.82, 2.24) is 0 Å². The van der Waals surface area contributed by atoms with Crippen LogP contribution in [0.2, 0.25) is 0 Å². The monoisotopic (exact) mass is 432 g/mol. The number of para-hydroxylation sites is 1. The molecule has 0 saturated heterocycles. The van der Waals surface area contributed by atoms with Gasteiger partial charge in [-0.2, -0.15) is 0 Å². The molecular formula is C25H44CaO3. The van der Waals surface area contributed by atoms with E-state index in [1.807, 2.05) is 0 Å². The fraction of sp³-hybridized carbons (Fsp3) is 0.720. The summed E-state index contributed by atoms with van der Waals surface area (Å²) < 4.78 is 5.23. The van der Waals surface area contributed by atoms with Gasteiger partial charge in [-0.1, -0.05) is 115 Å². The molecule has 0 aromatic heterocycles.